The number of benzene rings is 1. The Hall–Kier alpha value is -0.620. The van der Waals surface area contributed by atoms with Crippen LogP contribution in [0.2, 0.25) is 0 Å². The van der Waals surface area contributed by atoms with Crippen molar-refractivity contribution in [2.24, 2.45) is 0 Å². The number of unbranched alkanes of at least 4 members (excludes halogenated alkanes) is 1. The van der Waals surface area contributed by atoms with Crippen molar-refractivity contribution in [3.63, 3.8) is 0 Å². The molecule has 4 nitrogen and oxygen atoms in total. The van der Waals surface area contributed by atoms with Crippen molar-refractivity contribution in [2.45, 2.75) is 47.0 Å². The molecule has 0 saturated carbocycles. The molecule has 0 aromatic heterocycles. The van der Waals surface area contributed by atoms with Gasteiger partial charge in [-0.1, -0.05) is 45.9 Å². The fraction of sp³-hybridized carbons (Fsp3) is 0.650. The Kier molecular flexibility index (Phi) is 18.5. The monoisotopic (exact) mass is 438 g/mol. The number of nitrogens with one attached hydrogen (secondary N) is 1. The Morgan fingerprint density at radius 1 is 1.11 bits per heavy atom. The summed E-state index contributed by atoms with van der Waals surface area (Å²) in [5.74, 6) is 1.51. The molecular weight excluding hydrogens is 403 g/mol. The van der Waals surface area contributed by atoms with Crippen molar-refractivity contribution in [2.75, 3.05) is 43.9 Å². The second-order valence-corrected chi connectivity index (χ2v) is 7.07. The normalized spacial score (nSPS) is 10.1. The minimum atomic E-state index is 0. The van der Waals surface area contributed by atoms with Crippen LogP contribution in [-0.2, 0) is 0 Å². The van der Waals surface area contributed by atoms with Gasteiger partial charge in [0.2, 0.25) is 5.12 Å². The fourth-order valence-corrected chi connectivity index (χ4v) is 3.29. The van der Waals surface area contributed by atoms with Gasteiger partial charge in [-0.2, -0.15) is 0 Å². The van der Waals surface area contributed by atoms with Gasteiger partial charge in [-0.05, 0) is 38.1 Å². The third kappa shape index (κ3) is 11.1. The Morgan fingerprint density at radius 2 is 1.81 bits per heavy atom. The molecule has 0 bridgehead atoms. The van der Waals surface area contributed by atoms with Crippen LogP contribution in [0.25, 0.3) is 0 Å². The van der Waals surface area contributed by atoms with Crippen LogP contribution >= 0.6 is 36.6 Å². The summed E-state index contributed by atoms with van der Waals surface area (Å²) in [5, 5.41) is 3.49. The maximum absolute atomic E-state index is 12.6. The molecule has 1 aromatic carbocycles. The van der Waals surface area contributed by atoms with Gasteiger partial charge >= 0.3 is 0 Å². The van der Waals surface area contributed by atoms with E-state index >= 15 is 0 Å². The number of nitrogens with zero attached hydrogens (tertiary/aromatic N) is 1. The number of halogens is 2. The van der Waals surface area contributed by atoms with Gasteiger partial charge in [0, 0.05) is 30.6 Å². The zero-order chi connectivity index (χ0) is 18.5. The second kappa shape index (κ2) is 17.5. The van der Waals surface area contributed by atoms with Crippen molar-refractivity contribution in [3.8, 4) is 5.75 Å². The lowest BCUT2D eigenvalue weighted by atomic mass is 10.2. The Balaban J connectivity index is 0. The molecule has 0 aliphatic rings. The molecule has 158 valence electrons. The molecule has 0 atom stereocenters. The third-order valence-electron chi connectivity index (χ3n) is 4.06. The predicted molar refractivity (Wildman–Crippen MR) is 125 cm³/mol. The largest absolute Gasteiger partial charge is 0.493 e. The molecule has 0 aliphatic carbocycles. The highest BCUT2D eigenvalue weighted by Gasteiger charge is 2.14. The number of anilines is 1. The van der Waals surface area contributed by atoms with Crippen molar-refractivity contribution in [1.29, 1.82) is 0 Å². The van der Waals surface area contributed by atoms with E-state index in [1.165, 1.54) is 11.8 Å². The highest BCUT2D eigenvalue weighted by atomic mass is 35.5. The zero-order valence-electron chi connectivity index (χ0n) is 17.1. The summed E-state index contributed by atoms with van der Waals surface area (Å²) in [6.07, 6.45) is 3.22. The van der Waals surface area contributed by atoms with Gasteiger partial charge in [0.25, 0.3) is 0 Å². The van der Waals surface area contributed by atoms with Gasteiger partial charge in [-0.15, -0.1) is 24.8 Å². The van der Waals surface area contributed by atoms with Crippen molar-refractivity contribution >= 4 is 47.4 Å². The van der Waals surface area contributed by atoms with Crippen LogP contribution in [0.15, 0.2) is 18.2 Å². The standard InChI is InChI=1S/C20H34N2O2S.2ClH/c1-5-9-12-21-17-10-11-18(19(16-17)24-14-6-2)20(23)25-15-13-22(7-3)8-4;;/h10-11,16,21H,5-9,12-15H2,1-4H3;2*1H. The van der Waals surface area contributed by atoms with Crippen molar-refractivity contribution < 1.29 is 9.53 Å². The molecule has 0 heterocycles. The molecule has 0 saturated heterocycles. The number of rotatable bonds is 13. The molecule has 7 heteroatoms. The lowest BCUT2D eigenvalue weighted by Gasteiger charge is -2.17. The van der Waals surface area contributed by atoms with Gasteiger partial charge in [-0.3, -0.25) is 4.79 Å². The van der Waals surface area contributed by atoms with Gasteiger partial charge in [0.15, 0.2) is 0 Å². The quantitative estimate of drug-likeness (QED) is 0.397. The molecule has 0 aliphatic heterocycles. The Labute approximate surface area is 182 Å². The van der Waals surface area contributed by atoms with Crippen LogP contribution in [-0.4, -0.2) is 48.6 Å². The topological polar surface area (TPSA) is 41.6 Å². The summed E-state index contributed by atoms with van der Waals surface area (Å²) < 4.78 is 5.84. The van der Waals surface area contributed by atoms with Crippen LogP contribution in [0.4, 0.5) is 5.69 Å². The SMILES string of the molecule is CCCCNc1ccc(C(=O)SCCN(CC)CC)c(OCCC)c1.Cl.Cl. The van der Waals surface area contributed by atoms with E-state index in [0.717, 1.165) is 56.9 Å². The average molecular weight is 439 g/mol. The number of carbonyl (C=O) groups excluding carboxylic acids is 1. The van der Waals surface area contributed by atoms with E-state index in [1.54, 1.807) is 0 Å². The highest BCUT2D eigenvalue weighted by molar-refractivity contribution is 8.14. The summed E-state index contributed by atoms with van der Waals surface area (Å²) in [4.78, 5) is 14.9. The summed E-state index contributed by atoms with van der Waals surface area (Å²) in [6.45, 7) is 13.1. The van der Waals surface area contributed by atoms with Crippen molar-refractivity contribution in [3.05, 3.63) is 23.8 Å². The Bertz CT molecular complexity index is 515. The summed E-state index contributed by atoms with van der Waals surface area (Å²) >= 11 is 1.38. The summed E-state index contributed by atoms with van der Waals surface area (Å²) in [5.41, 5.74) is 1.70. The first kappa shape index (κ1) is 28.6. The van der Waals surface area contributed by atoms with Crippen LogP contribution in [0.5, 0.6) is 5.75 Å². The molecule has 0 fully saturated rings. The van der Waals surface area contributed by atoms with Crippen molar-refractivity contribution in [1.82, 2.24) is 4.90 Å². The molecular formula is C20H36Cl2N2O2S. The van der Waals surface area contributed by atoms with E-state index in [9.17, 15) is 4.79 Å². The van der Waals surface area contributed by atoms with Gasteiger partial charge in [0.1, 0.15) is 5.75 Å². The van der Waals surface area contributed by atoms with Gasteiger partial charge in [0.05, 0.1) is 12.2 Å². The summed E-state index contributed by atoms with van der Waals surface area (Å²) in [7, 11) is 0. The average Bonchev–Trinajstić information content (AvgIpc) is 2.63. The van der Waals surface area contributed by atoms with Crippen LogP contribution in [0, 0.1) is 0 Å². The fourth-order valence-electron chi connectivity index (χ4n) is 2.43. The maximum atomic E-state index is 12.6. The first-order chi connectivity index (χ1) is 12.2. The minimum Gasteiger partial charge on any atom is -0.493 e. The van der Waals surface area contributed by atoms with Gasteiger partial charge in [-0.25, -0.2) is 0 Å². The Morgan fingerprint density at radius 3 is 2.41 bits per heavy atom. The number of hydrogen-bond donors (Lipinski definition) is 1. The molecule has 0 amide bonds. The molecule has 0 unspecified atom stereocenters. The molecule has 0 spiro atoms. The number of ether oxygens (including phenoxy) is 1. The van der Waals surface area contributed by atoms with Crippen LogP contribution in [0.3, 0.4) is 0 Å². The molecule has 0 radical (unpaired) electrons. The van der Waals surface area contributed by atoms with E-state index in [2.05, 4.69) is 37.9 Å². The molecule has 1 rings (SSSR count). The molecule has 1 N–H and O–H groups in total. The minimum absolute atomic E-state index is 0. The lowest BCUT2D eigenvalue weighted by molar-refractivity contribution is 0.108. The second-order valence-electron chi connectivity index (χ2n) is 6.00. The first-order valence-electron chi connectivity index (χ1n) is 9.56. The van der Waals surface area contributed by atoms with E-state index in [0.29, 0.717) is 17.9 Å². The van der Waals surface area contributed by atoms with E-state index in [-0.39, 0.29) is 29.9 Å². The smallest absolute Gasteiger partial charge is 0.223 e. The third-order valence-corrected chi connectivity index (χ3v) is 4.93. The molecule has 27 heavy (non-hydrogen) atoms. The highest BCUT2D eigenvalue weighted by Crippen LogP contribution is 2.27. The number of hydrogen-bond acceptors (Lipinski definition) is 5. The van der Waals surface area contributed by atoms with Gasteiger partial charge < -0.3 is 15.0 Å². The van der Waals surface area contributed by atoms with E-state index in [1.807, 2.05) is 18.2 Å². The maximum Gasteiger partial charge on any atom is 0.223 e. The number of carbonyl (C=O) groups is 1. The first-order valence-corrected chi connectivity index (χ1v) is 10.5. The zero-order valence-corrected chi connectivity index (χ0v) is 19.5. The van der Waals surface area contributed by atoms with Crippen LogP contribution in [0.1, 0.15) is 57.3 Å². The predicted octanol–water partition coefficient (Wildman–Crippen LogP) is 5.75. The van der Waals surface area contributed by atoms with E-state index < -0.39 is 0 Å². The molecule has 1 aromatic rings. The summed E-state index contributed by atoms with van der Waals surface area (Å²) in [6, 6.07) is 5.84. The van der Waals surface area contributed by atoms with Crippen LogP contribution < -0.4 is 10.1 Å². The number of thioether (sulfide) groups is 1. The lowest BCUT2D eigenvalue weighted by Crippen LogP contribution is -2.25. The van der Waals surface area contributed by atoms with E-state index in [4.69, 9.17) is 4.74 Å².